The molecule has 4 amide bonds. The Morgan fingerprint density at radius 3 is 1.05 bits per heavy atom. The molecular formula is C47H40N4O6. The maximum Gasteiger partial charge on any atom is 0.408 e. The average Bonchev–Trinajstić information content (AvgIpc) is 3.73. The van der Waals surface area contributed by atoms with E-state index in [1.165, 1.54) is 0 Å². The van der Waals surface area contributed by atoms with E-state index < -0.39 is 48.3 Å². The second-order valence-corrected chi connectivity index (χ2v) is 14.0. The monoisotopic (exact) mass is 756 g/mol. The molecule has 6 aromatic carbocycles. The normalized spacial score (nSPS) is 13.5. The molecular weight excluding hydrogens is 717 g/mol. The molecule has 284 valence electrons. The highest BCUT2D eigenvalue weighted by Gasteiger charge is 2.34. The Balaban J connectivity index is 0.929. The number of amides is 4. The van der Waals surface area contributed by atoms with Crippen molar-refractivity contribution >= 4 is 24.0 Å². The van der Waals surface area contributed by atoms with Crippen molar-refractivity contribution in [1.29, 1.82) is 0 Å². The number of hydrogen-bond donors (Lipinski definition) is 4. The van der Waals surface area contributed by atoms with Crippen molar-refractivity contribution in [2.45, 2.75) is 37.1 Å². The van der Waals surface area contributed by atoms with Crippen molar-refractivity contribution in [3.63, 3.8) is 0 Å². The lowest BCUT2D eigenvalue weighted by molar-refractivity contribution is -0.125. The molecule has 0 unspecified atom stereocenters. The zero-order valence-electron chi connectivity index (χ0n) is 30.9. The van der Waals surface area contributed by atoms with E-state index in [0.29, 0.717) is 0 Å². The lowest BCUT2D eigenvalue weighted by Gasteiger charge is -2.22. The molecule has 0 aliphatic heterocycles. The highest BCUT2D eigenvalue weighted by molar-refractivity contribution is 5.89. The Labute approximate surface area is 330 Å². The van der Waals surface area contributed by atoms with Crippen LogP contribution in [-0.4, -0.2) is 42.8 Å². The van der Waals surface area contributed by atoms with Gasteiger partial charge in [-0.1, -0.05) is 158 Å². The minimum atomic E-state index is -1.03. The topological polar surface area (TPSA) is 135 Å². The molecule has 0 aromatic heterocycles. The number of carbonyl (C=O) groups excluding carboxylic acids is 4. The van der Waals surface area contributed by atoms with Crippen molar-refractivity contribution in [3.05, 3.63) is 191 Å². The van der Waals surface area contributed by atoms with Crippen LogP contribution in [0.2, 0.25) is 0 Å². The van der Waals surface area contributed by atoms with E-state index in [-0.39, 0.29) is 19.5 Å². The molecule has 6 aromatic rings. The van der Waals surface area contributed by atoms with Crippen LogP contribution >= 0.6 is 0 Å². The molecule has 10 nitrogen and oxygen atoms in total. The Morgan fingerprint density at radius 2 is 0.719 bits per heavy atom. The molecule has 0 saturated heterocycles. The maximum absolute atomic E-state index is 13.7. The summed E-state index contributed by atoms with van der Waals surface area (Å²) in [7, 11) is 0. The van der Waals surface area contributed by atoms with Gasteiger partial charge in [0.25, 0.3) is 0 Å². The summed E-state index contributed by atoms with van der Waals surface area (Å²) < 4.78 is 12.0. The van der Waals surface area contributed by atoms with E-state index in [1.807, 2.05) is 158 Å². The van der Waals surface area contributed by atoms with E-state index in [1.54, 1.807) is 0 Å². The standard InChI is InChI=1S/C47H40N4O6/c52-44(40(27-30-15-3-1-4-16-30)50-46(54)56-42-36-23-11-7-19-32(36)33-20-8-12-24-37(33)42)48-29-49-45(53)41(28-31-17-5-2-6-18-31)51-47(55)57-43-38-25-13-9-21-34(38)35-22-10-14-26-39(35)43/h1-26,40-43H,27-29H2,(H,48,52)(H,49,53)(H,50,54)(H,51,55)/t40-,41-/m0/s1. The Bertz CT molecular complexity index is 2160. The van der Waals surface area contributed by atoms with Crippen molar-refractivity contribution < 1.29 is 28.7 Å². The van der Waals surface area contributed by atoms with Crippen LogP contribution in [0.5, 0.6) is 0 Å². The third-order valence-corrected chi connectivity index (χ3v) is 10.3. The number of carbonyl (C=O) groups is 4. The summed E-state index contributed by atoms with van der Waals surface area (Å²) in [5.41, 5.74) is 9.04. The van der Waals surface area contributed by atoms with Crippen LogP contribution in [0.15, 0.2) is 158 Å². The fraction of sp³-hybridized carbons (Fsp3) is 0.149. The highest BCUT2D eigenvalue weighted by atomic mass is 16.6. The fourth-order valence-electron chi connectivity index (χ4n) is 7.62. The number of fused-ring (bicyclic) bond motifs is 6. The smallest absolute Gasteiger partial charge is 0.408 e. The molecule has 2 aliphatic rings. The van der Waals surface area contributed by atoms with Crippen LogP contribution in [0.3, 0.4) is 0 Å². The Kier molecular flexibility index (Phi) is 10.7. The van der Waals surface area contributed by atoms with Gasteiger partial charge >= 0.3 is 12.2 Å². The van der Waals surface area contributed by atoms with Gasteiger partial charge in [0, 0.05) is 35.1 Å². The van der Waals surface area contributed by atoms with Crippen molar-refractivity contribution in [1.82, 2.24) is 21.3 Å². The Morgan fingerprint density at radius 1 is 0.421 bits per heavy atom. The lowest BCUT2D eigenvalue weighted by atomic mass is 10.1. The van der Waals surface area contributed by atoms with Crippen LogP contribution < -0.4 is 21.3 Å². The summed E-state index contributed by atoms with van der Waals surface area (Å²) in [6, 6.07) is 47.6. The van der Waals surface area contributed by atoms with Crippen LogP contribution in [0, 0.1) is 0 Å². The largest absolute Gasteiger partial charge is 0.436 e. The molecule has 2 aliphatic carbocycles. The second kappa shape index (κ2) is 16.7. The van der Waals surface area contributed by atoms with Gasteiger partial charge in [0.05, 0.1) is 6.67 Å². The summed E-state index contributed by atoms with van der Waals surface area (Å²) in [6.07, 6.45) is -2.46. The van der Waals surface area contributed by atoms with Crippen LogP contribution in [-0.2, 0) is 31.9 Å². The molecule has 8 rings (SSSR count). The summed E-state index contributed by atoms with van der Waals surface area (Å²) >= 11 is 0. The van der Waals surface area contributed by atoms with Crippen LogP contribution in [0.1, 0.15) is 45.6 Å². The third-order valence-electron chi connectivity index (χ3n) is 10.3. The molecule has 0 radical (unpaired) electrons. The number of ether oxygens (including phenoxy) is 2. The van der Waals surface area contributed by atoms with Crippen molar-refractivity contribution in [2.75, 3.05) is 6.67 Å². The number of nitrogens with one attached hydrogen (secondary N) is 4. The van der Waals surface area contributed by atoms with Gasteiger partial charge in [-0.3, -0.25) is 9.59 Å². The minimum absolute atomic E-state index is 0.172. The van der Waals surface area contributed by atoms with Crippen molar-refractivity contribution in [2.24, 2.45) is 0 Å². The summed E-state index contributed by atoms with van der Waals surface area (Å²) in [5, 5.41) is 11.0. The summed E-state index contributed by atoms with van der Waals surface area (Å²) in [5.74, 6) is -1.07. The van der Waals surface area contributed by atoms with Gasteiger partial charge in [-0.15, -0.1) is 0 Å². The first-order chi connectivity index (χ1) is 27.9. The molecule has 0 bridgehead atoms. The SMILES string of the molecule is O=C(N[C@@H](Cc1ccccc1)C(=O)NCNC(=O)[C@H](Cc1ccccc1)NC(=O)OC1c2ccccc2-c2ccccc21)OC1c2ccccc2-c2ccccc21. The van der Waals surface area contributed by atoms with Gasteiger partial charge in [-0.2, -0.15) is 0 Å². The number of benzene rings is 6. The molecule has 4 N–H and O–H groups in total. The minimum Gasteiger partial charge on any atom is -0.436 e. The molecule has 0 heterocycles. The van der Waals surface area contributed by atoms with E-state index in [2.05, 4.69) is 21.3 Å². The first kappa shape index (κ1) is 36.8. The van der Waals surface area contributed by atoms with E-state index >= 15 is 0 Å². The molecule has 10 heteroatoms. The van der Waals surface area contributed by atoms with E-state index in [4.69, 9.17) is 9.47 Å². The zero-order valence-corrected chi connectivity index (χ0v) is 30.9. The van der Waals surface area contributed by atoms with Gasteiger partial charge in [0.2, 0.25) is 11.8 Å². The third kappa shape index (κ3) is 8.11. The van der Waals surface area contributed by atoms with Crippen molar-refractivity contribution in [3.8, 4) is 22.3 Å². The predicted octanol–water partition coefficient (Wildman–Crippen LogP) is 7.39. The number of alkyl carbamates (subject to hydrolysis) is 2. The first-order valence-corrected chi connectivity index (χ1v) is 18.9. The second-order valence-electron chi connectivity index (χ2n) is 14.0. The molecule has 2 atom stereocenters. The van der Waals surface area contributed by atoms with E-state index in [0.717, 1.165) is 55.6 Å². The molecule has 0 spiro atoms. The highest BCUT2D eigenvalue weighted by Crippen LogP contribution is 2.46. The predicted molar refractivity (Wildman–Crippen MR) is 216 cm³/mol. The summed E-state index contributed by atoms with van der Waals surface area (Å²) in [4.78, 5) is 54.4. The molecule has 0 fully saturated rings. The maximum atomic E-state index is 13.7. The Hall–Kier alpha value is -7.20. The number of hydrogen-bond acceptors (Lipinski definition) is 6. The average molecular weight is 757 g/mol. The van der Waals surface area contributed by atoms with Crippen LogP contribution in [0.25, 0.3) is 22.3 Å². The van der Waals surface area contributed by atoms with Crippen LogP contribution in [0.4, 0.5) is 9.59 Å². The number of rotatable bonds is 12. The van der Waals surface area contributed by atoms with Gasteiger partial charge < -0.3 is 30.7 Å². The quantitative estimate of drug-likeness (QED) is 0.0963. The molecule has 0 saturated carbocycles. The van der Waals surface area contributed by atoms with Gasteiger partial charge in [-0.05, 0) is 33.4 Å². The lowest BCUT2D eigenvalue weighted by Crippen LogP contribution is -2.53. The van der Waals surface area contributed by atoms with Gasteiger partial charge in [-0.25, -0.2) is 9.59 Å². The van der Waals surface area contributed by atoms with Gasteiger partial charge in [0.1, 0.15) is 12.1 Å². The summed E-state index contributed by atoms with van der Waals surface area (Å²) in [6.45, 7) is -0.269. The van der Waals surface area contributed by atoms with Gasteiger partial charge in [0.15, 0.2) is 12.2 Å². The first-order valence-electron chi connectivity index (χ1n) is 18.9. The molecule has 57 heavy (non-hydrogen) atoms. The fourth-order valence-corrected chi connectivity index (χ4v) is 7.62. The zero-order chi connectivity index (χ0) is 39.1. The van der Waals surface area contributed by atoms with E-state index in [9.17, 15) is 19.2 Å².